The summed E-state index contributed by atoms with van der Waals surface area (Å²) in [5, 5.41) is 0.469. The minimum atomic E-state index is -0.427. The predicted molar refractivity (Wildman–Crippen MR) is 126 cm³/mol. The van der Waals surface area contributed by atoms with Gasteiger partial charge in [-0.05, 0) is 31.0 Å². The lowest BCUT2D eigenvalue weighted by Crippen LogP contribution is -2.32. The summed E-state index contributed by atoms with van der Waals surface area (Å²) in [6.45, 7) is 1.62. The van der Waals surface area contributed by atoms with Gasteiger partial charge in [0.2, 0.25) is 11.4 Å². The maximum absolute atomic E-state index is 11.2. The average molecular weight is 459 g/mol. The number of unbranched alkanes of at least 4 members (excludes halogenated alkanes) is 9. The van der Waals surface area contributed by atoms with E-state index in [-0.39, 0.29) is 0 Å². The first kappa shape index (κ1) is 24.0. The number of nitrogens with zero attached hydrogens (tertiary/aromatic N) is 3. The Hall–Kier alpha value is -2.67. The van der Waals surface area contributed by atoms with Gasteiger partial charge >= 0.3 is 5.65 Å². The van der Waals surface area contributed by atoms with Gasteiger partial charge in [0.05, 0.1) is 13.2 Å². The highest BCUT2D eigenvalue weighted by atomic mass is 35.5. The first-order valence-electron chi connectivity index (χ1n) is 11.5. The third kappa shape index (κ3) is 7.48. The molecule has 2 aromatic heterocycles. The summed E-state index contributed by atoms with van der Waals surface area (Å²) in [4.78, 5) is 22.6. The number of carbonyl (C=O) groups is 1. The molecular formula is C24H33ClN5O2+. The number of hydrogen-bond acceptors (Lipinski definition) is 4. The third-order valence-corrected chi connectivity index (χ3v) is 5.88. The van der Waals surface area contributed by atoms with Crippen LogP contribution in [-0.2, 0) is 6.54 Å². The van der Waals surface area contributed by atoms with E-state index in [0.717, 1.165) is 30.6 Å². The van der Waals surface area contributed by atoms with Crippen molar-refractivity contribution in [2.75, 3.05) is 6.61 Å². The Kier molecular flexibility index (Phi) is 9.75. The van der Waals surface area contributed by atoms with Crippen molar-refractivity contribution in [2.24, 2.45) is 5.73 Å². The highest BCUT2D eigenvalue weighted by molar-refractivity contribution is 6.33. The van der Waals surface area contributed by atoms with Crippen LogP contribution in [0.1, 0.15) is 74.6 Å². The van der Waals surface area contributed by atoms with Crippen LogP contribution in [0.3, 0.4) is 0 Å². The number of H-pyrrole nitrogens is 1. The SMILES string of the molecule is NC(=O)c1cccc(OCCCCCCCCCCCC[n+]2c[nH]c3c(Cl)ncnc32)c1. The van der Waals surface area contributed by atoms with Crippen LogP contribution in [0.2, 0.25) is 5.15 Å². The minimum absolute atomic E-state index is 0.427. The van der Waals surface area contributed by atoms with Gasteiger partial charge in [0.1, 0.15) is 5.75 Å². The first-order chi connectivity index (χ1) is 15.6. The first-order valence-corrected chi connectivity index (χ1v) is 11.9. The van der Waals surface area contributed by atoms with Crippen LogP contribution in [0, 0.1) is 0 Å². The van der Waals surface area contributed by atoms with Crippen molar-refractivity contribution in [3.8, 4) is 5.75 Å². The fraction of sp³-hybridized carbons (Fsp3) is 0.500. The number of benzene rings is 1. The molecule has 172 valence electrons. The Balaban J connectivity index is 1.14. The molecule has 32 heavy (non-hydrogen) atoms. The molecule has 0 unspecified atom stereocenters. The van der Waals surface area contributed by atoms with E-state index < -0.39 is 5.91 Å². The van der Waals surface area contributed by atoms with E-state index in [1.807, 2.05) is 12.4 Å². The summed E-state index contributed by atoms with van der Waals surface area (Å²) in [5.41, 5.74) is 7.45. The molecule has 0 fully saturated rings. The number of amides is 1. The Labute approximate surface area is 194 Å². The third-order valence-electron chi connectivity index (χ3n) is 5.60. The zero-order valence-electron chi connectivity index (χ0n) is 18.6. The number of fused-ring (bicyclic) bond motifs is 1. The molecule has 3 rings (SSSR count). The normalized spacial score (nSPS) is 11.2. The van der Waals surface area contributed by atoms with Gasteiger partial charge in [0.15, 0.2) is 17.8 Å². The number of aryl methyl sites for hydroxylation is 1. The van der Waals surface area contributed by atoms with Crippen LogP contribution >= 0.6 is 11.6 Å². The predicted octanol–water partition coefficient (Wildman–Crippen LogP) is 4.98. The fourth-order valence-electron chi connectivity index (χ4n) is 3.80. The summed E-state index contributed by atoms with van der Waals surface area (Å²) in [5.74, 6) is 0.283. The number of nitrogens with one attached hydrogen (secondary N) is 1. The Morgan fingerprint density at radius 2 is 1.69 bits per heavy atom. The van der Waals surface area contributed by atoms with Gasteiger partial charge in [-0.25, -0.2) is 9.55 Å². The molecule has 0 aliphatic rings. The summed E-state index contributed by atoms with van der Waals surface area (Å²) >= 11 is 6.07. The van der Waals surface area contributed by atoms with E-state index in [9.17, 15) is 4.79 Å². The molecule has 0 aliphatic heterocycles. The van der Waals surface area contributed by atoms with Crippen LogP contribution in [-0.4, -0.2) is 27.5 Å². The molecule has 7 nitrogen and oxygen atoms in total. The standard InChI is InChI=1S/C24H32ClN5O2/c25-22-21-24(28-17-27-22)30(18-29-21)14-9-7-5-3-1-2-4-6-8-10-15-32-20-13-11-12-19(16-20)23(26)31/h11-13,16-18H,1-10,14-15H2,(H2,26,31)/p+1. The topological polar surface area (TPSA) is 97.8 Å². The minimum Gasteiger partial charge on any atom is -0.494 e. The molecular weight excluding hydrogens is 426 g/mol. The van der Waals surface area contributed by atoms with Gasteiger partial charge in [-0.2, -0.15) is 0 Å². The van der Waals surface area contributed by atoms with E-state index in [1.165, 1.54) is 57.7 Å². The summed E-state index contributed by atoms with van der Waals surface area (Å²) in [6.07, 6.45) is 15.7. The summed E-state index contributed by atoms with van der Waals surface area (Å²) in [7, 11) is 0. The molecule has 1 amide bonds. The number of primary amides is 1. The molecule has 0 saturated heterocycles. The second-order valence-electron chi connectivity index (χ2n) is 8.11. The van der Waals surface area contributed by atoms with Crippen LogP contribution in [0.5, 0.6) is 5.75 Å². The molecule has 3 N–H and O–H groups in total. The number of imidazole rings is 1. The lowest BCUT2D eigenvalue weighted by atomic mass is 10.1. The molecule has 0 atom stereocenters. The van der Waals surface area contributed by atoms with Crippen LogP contribution in [0.25, 0.3) is 11.2 Å². The van der Waals surface area contributed by atoms with Crippen molar-refractivity contribution >= 4 is 28.7 Å². The molecule has 0 radical (unpaired) electrons. The lowest BCUT2D eigenvalue weighted by Gasteiger charge is -2.07. The van der Waals surface area contributed by atoms with E-state index >= 15 is 0 Å². The average Bonchev–Trinajstić information content (AvgIpc) is 3.21. The number of ether oxygens (including phenoxy) is 1. The molecule has 0 spiro atoms. The van der Waals surface area contributed by atoms with Crippen molar-refractivity contribution in [1.29, 1.82) is 0 Å². The smallest absolute Gasteiger partial charge is 0.306 e. The largest absolute Gasteiger partial charge is 0.494 e. The number of nitrogens with two attached hydrogens (primary N) is 1. The Morgan fingerprint density at radius 3 is 2.41 bits per heavy atom. The van der Waals surface area contributed by atoms with Crippen LogP contribution in [0.15, 0.2) is 36.9 Å². The zero-order chi connectivity index (χ0) is 22.6. The molecule has 0 bridgehead atoms. The second-order valence-corrected chi connectivity index (χ2v) is 8.46. The maximum Gasteiger partial charge on any atom is 0.306 e. The van der Waals surface area contributed by atoms with E-state index in [2.05, 4.69) is 19.5 Å². The van der Waals surface area contributed by atoms with E-state index in [0.29, 0.717) is 23.1 Å². The van der Waals surface area contributed by atoms with E-state index in [1.54, 1.807) is 18.2 Å². The molecule has 0 aliphatic carbocycles. The van der Waals surface area contributed by atoms with Crippen LogP contribution in [0.4, 0.5) is 0 Å². The van der Waals surface area contributed by atoms with Gasteiger partial charge in [-0.1, -0.05) is 74.0 Å². The Bertz CT molecular complexity index is 991. The number of hydrogen-bond donors (Lipinski definition) is 2. The number of aromatic amines is 1. The maximum atomic E-state index is 11.2. The molecule has 0 saturated carbocycles. The quantitative estimate of drug-likeness (QED) is 0.190. The molecule has 2 heterocycles. The van der Waals surface area contributed by atoms with Crippen molar-refractivity contribution in [3.05, 3.63) is 47.6 Å². The van der Waals surface area contributed by atoms with E-state index in [4.69, 9.17) is 22.1 Å². The van der Waals surface area contributed by atoms with Gasteiger partial charge < -0.3 is 10.5 Å². The van der Waals surface area contributed by atoms with Crippen molar-refractivity contribution in [3.63, 3.8) is 0 Å². The summed E-state index contributed by atoms with van der Waals surface area (Å²) < 4.78 is 7.82. The number of rotatable bonds is 15. The van der Waals surface area contributed by atoms with Gasteiger partial charge in [0, 0.05) is 5.56 Å². The molecule has 3 aromatic rings. The number of aromatic nitrogens is 4. The molecule has 8 heteroatoms. The van der Waals surface area contributed by atoms with Crippen molar-refractivity contribution in [1.82, 2.24) is 15.0 Å². The molecule has 1 aromatic carbocycles. The highest BCUT2D eigenvalue weighted by Crippen LogP contribution is 2.15. The monoisotopic (exact) mass is 458 g/mol. The highest BCUT2D eigenvalue weighted by Gasteiger charge is 2.14. The Morgan fingerprint density at radius 1 is 1.00 bits per heavy atom. The fourth-order valence-corrected chi connectivity index (χ4v) is 3.98. The van der Waals surface area contributed by atoms with Gasteiger partial charge in [-0.3, -0.25) is 9.78 Å². The van der Waals surface area contributed by atoms with Crippen molar-refractivity contribution < 1.29 is 14.1 Å². The number of carbonyl (C=O) groups excluding carboxylic acids is 1. The van der Waals surface area contributed by atoms with Crippen molar-refractivity contribution in [2.45, 2.75) is 70.8 Å². The van der Waals surface area contributed by atoms with Gasteiger partial charge in [-0.15, -0.1) is 0 Å². The lowest BCUT2D eigenvalue weighted by molar-refractivity contribution is -0.673. The number of halogens is 1. The van der Waals surface area contributed by atoms with Gasteiger partial charge in [0.25, 0.3) is 0 Å². The van der Waals surface area contributed by atoms with Crippen LogP contribution < -0.4 is 15.0 Å². The zero-order valence-corrected chi connectivity index (χ0v) is 19.3. The second kappa shape index (κ2) is 13.0. The summed E-state index contributed by atoms with van der Waals surface area (Å²) in [6, 6.07) is 7.05.